The molecule has 1 saturated heterocycles. The first-order chi connectivity index (χ1) is 11.1. The Bertz CT molecular complexity index is 607. The third-order valence-corrected chi connectivity index (χ3v) is 5.04. The highest BCUT2D eigenvalue weighted by Crippen LogP contribution is 2.38. The molecule has 5 nitrogen and oxygen atoms in total. The van der Waals surface area contributed by atoms with Gasteiger partial charge in [0.05, 0.1) is 0 Å². The second kappa shape index (κ2) is 6.81. The Morgan fingerprint density at radius 2 is 2.17 bits per heavy atom. The lowest BCUT2D eigenvalue weighted by Gasteiger charge is -2.16. The van der Waals surface area contributed by atoms with Gasteiger partial charge in [-0.25, -0.2) is 0 Å². The number of nitrogens with two attached hydrogens (primary N) is 1. The van der Waals surface area contributed by atoms with Crippen molar-refractivity contribution in [1.29, 1.82) is 0 Å². The van der Waals surface area contributed by atoms with Crippen molar-refractivity contribution in [2.24, 2.45) is 17.7 Å². The first kappa shape index (κ1) is 16.1. The van der Waals surface area contributed by atoms with Gasteiger partial charge in [-0.05, 0) is 48.4 Å². The fourth-order valence-corrected chi connectivity index (χ4v) is 3.80. The predicted octanol–water partition coefficient (Wildman–Crippen LogP) is 2.17. The Morgan fingerprint density at radius 3 is 2.83 bits per heavy atom. The van der Waals surface area contributed by atoms with Crippen LogP contribution in [0.25, 0.3) is 0 Å². The number of ketones is 2. The molecule has 2 aliphatic rings. The summed E-state index contributed by atoms with van der Waals surface area (Å²) in [6.07, 6.45) is 2.85. The van der Waals surface area contributed by atoms with Gasteiger partial charge in [0.25, 0.3) is 0 Å². The SMILES string of the molecule is CCc1cc(ON)ccc1C1C(=O)CC(CC2CCOC2)C1=O. The fraction of sp³-hybridized carbons (Fsp3) is 0.556. The molecule has 0 bridgehead atoms. The van der Waals surface area contributed by atoms with Crippen LogP contribution in [0.3, 0.4) is 0 Å². The minimum absolute atomic E-state index is 0.0371. The summed E-state index contributed by atoms with van der Waals surface area (Å²) in [5.41, 5.74) is 1.76. The zero-order chi connectivity index (χ0) is 16.4. The molecule has 2 fully saturated rings. The lowest BCUT2D eigenvalue weighted by Crippen LogP contribution is -2.19. The van der Waals surface area contributed by atoms with Gasteiger partial charge in [-0.1, -0.05) is 13.0 Å². The molecule has 5 heteroatoms. The zero-order valence-electron chi connectivity index (χ0n) is 13.4. The monoisotopic (exact) mass is 317 g/mol. The second-order valence-electron chi connectivity index (χ2n) is 6.50. The van der Waals surface area contributed by atoms with Crippen molar-refractivity contribution < 1.29 is 19.2 Å². The fourth-order valence-electron chi connectivity index (χ4n) is 3.80. The van der Waals surface area contributed by atoms with Crippen molar-refractivity contribution in [3.05, 3.63) is 29.3 Å². The molecule has 3 rings (SSSR count). The largest absolute Gasteiger partial charge is 0.412 e. The minimum atomic E-state index is -0.621. The van der Waals surface area contributed by atoms with E-state index in [9.17, 15) is 9.59 Å². The van der Waals surface area contributed by atoms with E-state index in [-0.39, 0.29) is 17.5 Å². The van der Waals surface area contributed by atoms with Crippen LogP contribution in [0.1, 0.15) is 43.2 Å². The lowest BCUT2D eigenvalue weighted by molar-refractivity contribution is -0.125. The summed E-state index contributed by atoms with van der Waals surface area (Å²) in [4.78, 5) is 30.0. The quantitative estimate of drug-likeness (QED) is 0.665. The molecule has 1 aliphatic carbocycles. The summed E-state index contributed by atoms with van der Waals surface area (Å²) in [7, 11) is 0. The number of hydrogen-bond acceptors (Lipinski definition) is 5. The summed E-state index contributed by atoms with van der Waals surface area (Å²) >= 11 is 0. The molecular formula is C18H23NO4. The van der Waals surface area contributed by atoms with E-state index >= 15 is 0 Å². The number of benzene rings is 1. The summed E-state index contributed by atoms with van der Waals surface area (Å²) < 4.78 is 5.38. The van der Waals surface area contributed by atoms with E-state index < -0.39 is 5.92 Å². The van der Waals surface area contributed by atoms with Crippen LogP contribution in [-0.4, -0.2) is 24.8 Å². The number of carbonyl (C=O) groups excluding carboxylic acids is 2. The third-order valence-electron chi connectivity index (χ3n) is 5.04. The van der Waals surface area contributed by atoms with Crippen LogP contribution < -0.4 is 10.7 Å². The van der Waals surface area contributed by atoms with Crippen molar-refractivity contribution >= 4 is 11.6 Å². The molecule has 0 amide bonds. The molecule has 2 N–H and O–H groups in total. The van der Waals surface area contributed by atoms with Gasteiger partial charge in [0, 0.05) is 25.6 Å². The van der Waals surface area contributed by atoms with Crippen LogP contribution in [0.15, 0.2) is 18.2 Å². The molecule has 1 aromatic rings. The number of ether oxygens (including phenoxy) is 1. The van der Waals surface area contributed by atoms with Crippen molar-refractivity contribution in [3.63, 3.8) is 0 Å². The summed E-state index contributed by atoms with van der Waals surface area (Å²) in [6, 6.07) is 5.34. The van der Waals surface area contributed by atoms with E-state index in [1.165, 1.54) is 0 Å². The Morgan fingerprint density at radius 1 is 1.35 bits per heavy atom. The first-order valence-electron chi connectivity index (χ1n) is 8.27. The molecule has 0 radical (unpaired) electrons. The highest BCUT2D eigenvalue weighted by Gasteiger charge is 2.43. The van der Waals surface area contributed by atoms with Gasteiger partial charge in [0.1, 0.15) is 17.5 Å². The Balaban J connectivity index is 1.82. The third kappa shape index (κ3) is 3.16. The van der Waals surface area contributed by atoms with Gasteiger partial charge in [-0.15, -0.1) is 0 Å². The molecular weight excluding hydrogens is 294 g/mol. The molecule has 23 heavy (non-hydrogen) atoms. The molecule has 0 aromatic heterocycles. The van der Waals surface area contributed by atoms with Crippen molar-refractivity contribution in [1.82, 2.24) is 0 Å². The Kier molecular flexibility index (Phi) is 4.78. The van der Waals surface area contributed by atoms with E-state index in [4.69, 9.17) is 15.5 Å². The van der Waals surface area contributed by atoms with Crippen LogP contribution in [0.4, 0.5) is 0 Å². The molecule has 0 spiro atoms. The summed E-state index contributed by atoms with van der Waals surface area (Å²) in [5, 5.41) is 0. The topological polar surface area (TPSA) is 78.6 Å². The van der Waals surface area contributed by atoms with E-state index in [1.807, 2.05) is 19.1 Å². The van der Waals surface area contributed by atoms with Crippen LogP contribution in [0.2, 0.25) is 0 Å². The molecule has 1 saturated carbocycles. The molecule has 1 aromatic carbocycles. The van der Waals surface area contributed by atoms with Crippen LogP contribution in [0.5, 0.6) is 5.75 Å². The van der Waals surface area contributed by atoms with Gasteiger partial charge in [0.15, 0.2) is 5.78 Å². The van der Waals surface area contributed by atoms with Crippen LogP contribution in [0, 0.1) is 11.8 Å². The van der Waals surface area contributed by atoms with E-state index in [0.717, 1.165) is 37.0 Å². The normalized spacial score (nSPS) is 27.7. The molecule has 124 valence electrons. The molecule has 3 atom stereocenters. The van der Waals surface area contributed by atoms with Crippen molar-refractivity contribution in [2.75, 3.05) is 13.2 Å². The number of aryl methyl sites for hydroxylation is 1. The maximum Gasteiger partial charge on any atom is 0.151 e. The average molecular weight is 317 g/mol. The Labute approximate surface area is 136 Å². The van der Waals surface area contributed by atoms with Gasteiger partial charge in [-0.2, -0.15) is 5.90 Å². The van der Waals surface area contributed by atoms with E-state index in [2.05, 4.69) is 0 Å². The van der Waals surface area contributed by atoms with Gasteiger partial charge >= 0.3 is 0 Å². The van der Waals surface area contributed by atoms with Crippen LogP contribution in [-0.2, 0) is 20.7 Å². The molecule has 1 aliphatic heterocycles. The van der Waals surface area contributed by atoms with E-state index in [0.29, 0.717) is 24.7 Å². The van der Waals surface area contributed by atoms with Crippen molar-refractivity contribution in [3.8, 4) is 5.75 Å². The van der Waals surface area contributed by atoms with E-state index in [1.54, 1.807) is 6.07 Å². The minimum Gasteiger partial charge on any atom is -0.412 e. The standard InChI is InChI=1S/C18H23NO4/c1-2-12-8-14(23-19)3-4-15(12)17-16(20)9-13(18(17)21)7-11-5-6-22-10-11/h3-4,8,11,13,17H,2,5-7,9-10,19H2,1H3. The van der Waals surface area contributed by atoms with Gasteiger partial charge in [0.2, 0.25) is 0 Å². The predicted molar refractivity (Wildman–Crippen MR) is 85.0 cm³/mol. The van der Waals surface area contributed by atoms with Crippen LogP contribution >= 0.6 is 0 Å². The van der Waals surface area contributed by atoms with Gasteiger partial charge < -0.3 is 9.57 Å². The summed E-state index contributed by atoms with van der Waals surface area (Å²) in [6.45, 7) is 3.48. The number of Topliss-reactive ketones (excluding diaryl/α,β-unsaturated/α-hetero) is 2. The smallest absolute Gasteiger partial charge is 0.151 e. The number of carbonyl (C=O) groups is 2. The highest BCUT2D eigenvalue weighted by molar-refractivity contribution is 6.14. The second-order valence-corrected chi connectivity index (χ2v) is 6.50. The average Bonchev–Trinajstić information content (AvgIpc) is 3.16. The highest BCUT2D eigenvalue weighted by atomic mass is 16.6. The number of hydrogen-bond donors (Lipinski definition) is 1. The zero-order valence-corrected chi connectivity index (χ0v) is 13.4. The maximum absolute atomic E-state index is 12.8. The summed E-state index contributed by atoms with van der Waals surface area (Å²) in [5.74, 6) is 5.48. The maximum atomic E-state index is 12.8. The Hall–Kier alpha value is -1.72. The molecule has 1 heterocycles. The molecule has 3 unspecified atom stereocenters. The number of rotatable bonds is 5. The lowest BCUT2D eigenvalue weighted by atomic mass is 9.87. The first-order valence-corrected chi connectivity index (χ1v) is 8.27. The van der Waals surface area contributed by atoms with Crippen molar-refractivity contribution in [2.45, 2.75) is 38.5 Å². The van der Waals surface area contributed by atoms with Gasteiger partial charge in [-0.3, -0.25) is 9.59 Å².